The van der Waals surface area contributed by atoms with Gasteiger partial charge in [0.15, 0.2) is 0 Å². The first-order chi connectivity index (χ1) is 13.8. The van der Waals surface area contributed by atoms with Gasteiger partial charge in [0.2, 0.25) is 11.8 Å². The summed E-state index contributed by atoms with van der Waals surface area (Å²) < 4.78 is 5.44. The van der Waals surface area contributed by atoms with E-state index in [0.29, 0.717) is 25.9 Å². The van der Waals surface area contributed by atoms with Gasteiger partial charge in [-0.15, -0.1) is 0 Å². The standard InChI is InChI=1S/C23H37N3O3/c1-19(17-25-13-15-29-16-14-25)26(18-20-9-6-5-7-10-20)21(27)11-8-12-24-22(28)23(2,3)4/h5-7,9-10,19H,8,11-18H2,1-4H3,(H,24,28). The second-order valence-electron chi connectivity index (χ2n) is 8.88. The van der Waals surface area contributed by atoms with Crippen LogP contribution < -0.4 is 5.32 Å². The molecule has 0 aliphatic carbocycles. The summed E-state index contributed by atoms with van der Waals surface area (Å²) in [5, 5.41) is 2.93. The molecule has 1 aromatic carbocycles. The molecule has 29 heavy (non-hydrogen) atoms. The van der Waals surface area contributed by atoms with Crippen LogP contribution in [0.4, 0.5) is 0 Å². The largest absolute Gasteiger partial charge is 0.379 e. The molecule has 162 valence electrons. The summed E-state index contributed by atoms with van der Waals surface area (Å²) in [7, 11) is 0. The summed E-state index contributed by atoms with van der Waals surface area (Å²) in [5.74, 6) is 0.159. The molecule has 1 aromatic rings. The molecular weight excluding hydrogens is 366 g/mol. The van der Waals surface area contributed by atoms with Gasteiger partial charge in [-0.1, -0.05) is 51.1 Å². The van der Waals surface area contributed by atoms with Crippen LogP contribution in [0.3, 0.4) is 0 Å². The number of rotatable bonds is 9. The Morgan fingerprint density at radius 3 is 2.45 bits per heavy atom. The van der Waals surface area contributed by atoms with Crippen LogP contribution in [0, 0.1) is 5.41 Å². The van der Waals surface area contributed by atoms with Crippen LogP contribution in [0.25, 0.3) is 0 Å². The van der Waals surface area contributed by atoms with Gasteiger partial charge in [0.05, 0.1) is 13.2 Å². The lowest BCUT2D eigenvalue weighted by Crippen LogP contribution is -2.48. The number of benzene rings is 1. The predicted octanol–water partition coefficient (Wildman–Crippen LogP) is 2.68. The van der Waals surface area contributed by atoms with Crippen molar-refractivity contribution in [2.24, 2.45) is 5.41 Å². The lowest BCUT2D eigenvalue weighted by atomic mass is 9.96. The average molecular weight is 404 g/mol. The van der Waals surface area contributed by atoms with Crippen molar-refractivity contribution >= 4 is 11.8 Å². The zero-order chi connectivity index (χ0) is 21.3. The first kappa shape index (κ1) is 23.4. The van der Waals surface area contributed by atoms with E-state index in [2.05, 4.69) is 29.3 Å². The summed E-state index contributed by atoms with van der Waals surface area (Å²) in [4.78, 5) is 29.4. The quantitative estimate of drug-likeness (QED) is 0.644. The van der Waals surface area contributed by atoms with Gasteiger partial charge in [-0.3, -0.25) is 14.5 Å². The molecule has 0 spiro atoms. The zero-order valence-electron chi connectivity index (χ0n) is 18.4. The van der Waals surface area contributed by atoms with E-state index in [0.717, 1.165) is 38.4 Å². The highest BCUT2D eigenvalue weighted by molar-refractivity contribution is 5.81. The van der Waals surface area contributed by atoms with Gasteiger partial charge in [0, 0.05) is 50.6 Å². The Morgan fingerprint density at radius 2 is 1.83 bits per heavy atom. The van der Waals surface area contributed by atoms with Crippen molar-refractivity contribution < 1.29 is 14.3 Å². The van der Waals surface area contributed by atoms with Gasteiger partial charge in [0.1, 0.15) is 0 Å². The van der Waals surface area contributed by atoms with Crippen LogP contribution in [0.1, 0.15) is 46.1 Å². The third kappa shape index (κ3) is 8.15. The molecule has 6 nitrogen and oxygen atoms in total. The van der Waals surface area contributed by atoms with E-state index in [-0.39, 0.29) is 17.9 Å². The number of nitrogens with one attached hydrogen (secondary N) is 1. The fraction of sp³-hybridized carbons (Fsp3) is 0.652. The smallest absolute Gasteiger partial charge is 0.225 e. The summed E-state index contributed by atoms with van der Waals surface area (Å²) in [5.41, 5.74) is 0.728. The summed E-state index contributed by atoms with van der Waals surface area (Å²) in [6, 6.07) is 10.2. The molecule has 0 saturated carbocycles. The maximum absolute atomic E-state index is 13.0. The molecule has 0 radical (unpaired) electrons. The molecule has 1 aliphatic rings. The van der Waals surface area contributed by atoms with E-state index in [1.165, 1.54) is 0 Å². The minimum atomic E-state index is -0.407. The number of carbonyl (C=O) groups excluding carboxylic acids is 2. The minimum absolute atomic E-state index is 0.0202. The lowest BCUT2D eigenvalue weighted by molar-refractivity contribution is -0.135. The molecule has 1 saturated heterocycles. The average Bonchev–Trinajstić information content (AvgIpc) is 2.69. The molecule has 2 rings (SSSR count). The Hall–Kier alpha value is -1.92. The Labute approximate surface area is 175 Å². The van der Waals surface area contributed by atoms with Crippen LogP contribution in [-0.4, -0.2) is 67.0 Å². The van der Waals surface area contributed by atoms with Gasteiger partial charge in [0.25, 0.3) is 0 Å². The van der Waals surface area contributed by atoms with E-state index in [1.54, 1.807) is 0 Å². The number of nitrogens with zero attached hydrogens (tertiary/aromatic N) is 2. The van der Waals surface area contributed by atoms with Gasteiger partial charge in [-0.05, 0) is 18.9 Å². The Morgan fingerprint density at radius 1 is 1.17 bits per heavy atom. The van der Waals surface area contributed by atoms with Crippen LogP contribution >= 0.6 is 0 Å². The molecule has 0 bridgehead atoms. The van der Waals surface area contributed by atoms with Crippen molar-refractivity contribution in [3.05, 3.63) is 35.9 Å². The van der Waals surface area contributed by atoms with Crippen molar-refractivity contribution in [3.8, 4) is 0 Å². The van der Waals surface area contributed by atoms with Crippen molar-refractivity contribution in [2.75, 3.05) is 39.4 Å². The molecule has 1 heterocycles. The molecule has 1 atom stereocenters. The number of amides is 2. The Bertz CT molecular complexity index is 637. The second-order valence-corrected chi connectivity index (χ2v) is 8.88. The summed E-state index contributed by atoms with van der Waals surface area (Å²) >= 11 is 0. The molecule has 2 amide bonds. The van der Waals surface area contributed by atoms with Crippen molar-refractivity contribution in [1.29, 1.82) is 0 Å². The maximum Gasteiger partial charge on any atom is 0.225 e. The van der Waals surface area contributed by atoms with Crippen LogP contribution in [-0.2, 0) is 20.9 Å². The Balaban J connectivity index is 1.92. The molecule has 1 unspecified atom stereocenters. The van der Waals surface area contributed by atoms with Gasteiger partial charge in [-0.2, -0.15) is 0 Å². The number of carbonyl (C=O) groups is 2. The number of hydrogen-bond donors (Lipinski definition) is 1. The molecule has 6 heteroatoms. The molecule has 1 fully saturated rings. The zero-order valence-corrected chi connectivity index (χ0v) is 18.4. The molecule has 0 aromatic heterocycles. The number of ether oxygens (including phenoxy) is 1. The fourth-order valence-electron chi connectivity index (χ4n) is 3.38. The number of hydrogen-bond acceptors (Lipinski definition) is 4. The van der Waals surface area contributed by atoms with E-state index in [4.69, 9.17) is 4.74 Å². The first-order valence-corrected chi connectivity index (χ1v) is 10.7. The van der Waals surface area contributed by atoms with Gasteiger partial charge < -0.3 is 15.0 Å². The van der Waals surface area contributed by atoms with E-state index in [9.17, 15) is 9.59 Å². The monoisotopic (exact) mass is 403 g/mol. The highest BCUT2D eigenvalue weighted by atomic mass is 16.5. The predicted molar refractivity (Wildman–Crippen MR) is 115 cm³/mol. The summed E-state index contributed by atoms with van der Waals surface area (Å²) in [6.07, 6.45) is 1.08. The van der Waals surface area contributed by atoms with Gasteiger partial charge >= 0.3 is 0 Å². The Kier molecular flexibility index (Phi) is 9.11. The maximum atomic E-state index is 13.0. The van der Waals surface area contributed by atoms with Crippen LogP contribution in [0.15, 0.2) is 30.3 Å². The molecule has 1 aliphatic heterocycles. The third-order valence-electron chi connectivity index (χ3n) is 5.21. The van der Waals surface area contributed by atoms with Crippen molar-refractivity contribution in [3.63, 3.8) is 0 Å². The van der Waals surface area contributed by atoms with E-state index >= 15 is 0 Å². The van der Waals surface area contributed by atoms with E-state index in [1.807, 2.05) is 43.9 Å². The summed E-state index contributed by atoms with van der Waals surface area (Å²) in [6.45, 7) is 13.1. The highest BCUT2D eigenvalue weighted by Crippen LogP contribution is 2.14. The van der Waals surface area contributed by atoms with Crippen molar-refractivity contribution in [1.82, 2.24) is 15.1 Å². The lowest BCUT2D eigenvalue weighted by Gasteiger charge is -2.35. The SMILES string of the molecule is CC(CN1CCOCC1)N(Cc1ccccc1)C(=O)CCCNC(=O)C(C)(C)C. The number of morpholine rings is 1. The molecule has 1 N–H and O–H groups in total. The van der Waals surface area contributed by atoms with Crippen LogP contribution in [0.2, 0.25) is 0 Å². The third-order valence-corrected chi connectivity index (χ3v) is 5.21. The highest BCUT2D eigenvalue weighted by Gasteiger charge is 2.24. The fourth-order valence-corrected chi connectivity index (χ4v) is 3.38. The second kappa shape index (κ2) is 11.3. The molecular formula is C23H37N3O3. The normalized spacial score (nSPS) is 16.3. The minimum Gasteiger partial charge on any atom is -0.379 e. The topological polar surface area (TPSA) is 61.9 Å². The van der Waals surface area contributed by atoms with Crippen LogP contribution in [0.5, 0.6) is 0 Å². The van der Waals surface area contributed by atoms with Crippen molar-refractivity contribution in [2.45, 2.75) is 53.1 Å². The first-order valence-electron chi connectivity index (χ1n) is 10.7. The van der Waals surface area contributed by atoms with E-state index < -0.39 is 5.41 Å². The van der Waals surface area contributed by atoms with Gasteiger partial charge in [-0.25, -0.2) is 0 Å².